The first kappa shape index (κ1) is 21.4. The summed E-state index contributed by atoms with van der Waals surface area (Å²) in [5.41, 5.74) is 0.950. The third-order valence-corrected chi connectivity index (χ3v) is 6.28. The summed E-state index contributed by atoms with van der Waals surface area (Å²) < 4.78 is 33.5. The number of fused-ring (bicyclic) bond motifs is 1. The molecule has 0 aromatic heterocycles. The molecule has 1 amide bonds. The summed E-state index contributed by atoms with van der Waals surface area (Å²) in [5, 5.41) is 4.71. The zero-order chi connectivity index (χ0) is 22.6. The summed E-state index contributed by atoms with van der Waals surface area (Å²) in [6.45, 7) is 1.67. The highest BCUT2D eigenvalue weighted by atomic mass is 32.2. The van der Waals surface area contributed by atoms with Crippen LogP contribution in [-0.2, 0) is 14.8 Å². The Labute approximate surface area is 186 Å². The molecule has 0 fully saturated rings. The molecular weight excluding hydrogens is 424 g/mol. The van der Waals surface area contributed by atoms with Crippen molar-refractivity contribution in [1.29, 1.82) is 0 Å². The minimum absolute atomic E-state index is 0.0967. The minimum Gasteiger partial charge on any atom is -0.480 e. The number of hydrogen-bond acceptors (Lipinski definition) is 4. The Bertz CT molecular complexity index is 1330. The van der Waals surface area contributed by atoms with Gasteiger partial charge in [-0.05, 0) is 54.8 Å². The number of rotatable bonds is 7. The maximum Gasteiger partial charge on any atom is 0.265 e. The van der Waals surface area contributed by atoms with Gasteiger partial charge < -0.3 is 10.1 Å². The van der Waals surface area contributed by atoms with Crippen molar-refractivity contribution in [2.75, 3.05) is 10.0 Å². The Kier molecular flexibility index (Phi) is 6.09. The molecule has 0 aliphatic rings. The lowest BCUT2D eigenvalue weighted by Crippen LogP contribution is -2.30. The van der Waals surface area contributed by atoms with Crippen LogP contribution in [0.3, 0.4) is 0 Å². The Morgan fingerprint density at radius 3 is 2.19 bits per heavy atom. The van der Waals surface area contributed by atoms with E-state index in [-0.39, 0.29) is 10.8 Å². The van der Waals surface area contributed by atoms with Crippen molar-refractivity contribution >= 4 is 38.1 Å². The van der Waals surface area contributed by atoms with Crippen LogP contribution < -0.4 is 14.8 Å². The van der Waals surface area contributed by atoms with Crippen LogP contribution in [0.1, 0.15) is 6.92 Å². The average Bonchev–Trinajstić information content (AvgIpc) is 2.80. The second-order valence-electron chi connectivity index (χ2n) is 7.22. The average molecular weight is 447 g/mol. The van der Waals surface area contributed by atoms with Crippen molar-refractivity contribution in [3.8, 4) is 5.75 Å². The van der Waals surface area contributed by atoms with E-state index >= 15 is 0 Å². The molecule has 0 heterocycles. The number of amides is 1. The zero-order valence-corrected chi connectivity index (χ0v) is 18.2. The van der Waals surface area contributed by atoms with Crippen LogP contribution in [0.25, 0.3) is 10.8 Å². The standard InChI is InChI=1S/C25H22N2O4S/c1-18(31-24-13-7-9-19-8-5-6-12-23(19)24)25(28)26-20-14-16-22(17-15-20)32(29,30)27-21-10-3-2-4-11-21/h2-18,27H,1H3,(H,26,28). The van der Waals surface area contributed by atoms with Crippen molar-refractivity contribution in [3.05, 3.63) is 97.1 Å². The summed E-state index contributed by atoms with van der Waals surface area (Å²) in [6, 6.07) is 28.1. The number of nitrogens with one attached hydrogen (secondary N) is 2. The molecule has 32 heavy (non-hydrogen) atoms. The molecule has 162 valence electrons. The van der Waals surface area contributed by atoms with Gasteiger partial charge in [0.25, 0.3) is 15.9 Å². The number of carbonyl (C=O) groups excluding carboxylic acids is 1. The smallest absolute Gasteiger partial charge is 0.265 e. The third kappa shape index (κ3) is 4.90. The molecule has 4 aromatic carbocycles. The van der Waals surface area contributed by atoms with Gasteiger partial charge >= 0.3 is 0 Å². The Hall–Kier alpha value is -3.84. The van der Waals surface area contributed by atoms with E-state index in [4.69, 9.17) is 4.74 Å². The van der Waals surface area contributed by atoms with Crippen LogP contribution in [0.5, 0.6) is 5.75 Å². The number of carbonyl (C=O) groups is 1. The van der Waals surface area contributed by atoms with Gasteiger partial charge in [0.2, 0.25) is 0 Å². The number of hydrogen-bond donors (Lipinski definition) is 2. The molecule has 0 spiro atoms. The normalized spacial score (nSPS) is 12.2. The van der Waals surface area contributed by atoms with Crippen LogP contribution in [0.15, 0.2) is 102 Å². The lowest BCUT2D eigenvalue weighted by atomic mass is 10.1. The van der Waals surface area contributed by atoms with Gasteiger partial charge in [-0.2, -0.15) is 0 Å². The quantitative estimate of drug-likeness (QED) is 0.416. The number of benzene rings is 4. The van der Waals surface area contributed by atoms with Crippen LogP contribution in [0, 0.1) is 0 Å². The van der Waals surface area contributed by atoms with Gasteiger partial charge in [-0.15, -0.1) is 0 Å². The van der Waals surface area contributed by atoms with E-state index in [0.29, 0.717) is 17.1 Å². The lowest BCUT2D eigenvalue weighted by Gasteiger charge is -2.16. The van der Waals surface area contributed by atoms with Crippen LogP contribution >= 0.6 is 0 Å². The monoisotopic (exact) mass is 446 g/mol. The fraction of sp³-hybridized carbons (Fsp3) is 0.0800. The molecule has 7 heteroatoms. The molecule has 0 saturated heterocycles. The fourth-order valence-corrected chi connectivity index (χ4v) is 4.28. The Morgan fingerprint density at radius 1 is 0.781 bits per heavy atom. The number of ether oxygens (including phenoxy) is 1. The van der Waals surface area contributed by atoms with E-state index in [0.717, 1.165) is 10.8 Å². The van der Waals surface area contributed by atoms with Gasteiger partial charge in [0.05, 0.1) is 4.90 Å². The first-order chi connectivity index (χ1) is 15.4. The zero-order valence-electron chi connectivity index (χ0n) is 17.4. The van der Waals surface area contributed by atoms with Gasteiger partial charge in [0.1, 0.15) is 5.75 Å². The van der Waals surface area contributed by atoms with E-state index in [1.807, 2.05) is 42.5 Å². The molecule has 0 aliphatic heterocycles. The van der Waals surface area contributed by atoms with Crippen molar-refractivity contribution in [3.63, 3.8) is 0 Å². The third-order valence-electron chi connectivity index (χ3n) is 4.88. The molecule has 2 N–H and O–H groups in total. The molecule has 0 aliphatic carbocycles. The first-order valence-electron chi connectivity index (χ1n) is 10.1. The molecule has 4 rings (SSSR count). The summed E-state index contributed by atoms with van der Waals surface area (Å²) in [5.74, 6) is 0.287. The van der Waals surface area contributed by atoms with E-state index in [9.17, 15) is 13.2 Å². The molecule has 6 nitrogen and oxygen atoms in total. The molecule has 1 unspecified atom stereocenters. The van der Waals surface area contributed by atoms with Crippen molar-refractivity contribution in [2.24, 2.45) is 0 Å². The van der Waals surface area contributed by atoms with Gasteiger partial charge in [-0.3, -0.25) is 9.52 Å². The minimum atomic E-state index is -3.72. The van der Waals surface area contributed by atoms with Crippen LogP contribution in [0.2, 0.25) is 0 Å². The Morgan fingerprint density at radius 2 is 1.44 bits per heavy atom. The van der Waals surface area contributed by atoms with E-state index < -0.39 is 16.1 Å². The van der Waals surface area contributed by atoms with Crippen LogP contribution in [0.4, 0.5) is 11.4 Å². The van der Waals surface area contributed by atoms with Gasteiger partial charge in [-0.25, -0.2) is 8.42 Å². The first-order valence-corrected chi connectivity index (χ1v) is 11.5. The highest BCUT2D eigenvalue weighted by molar-refractivity contribution is 7.92. The van der Waals surface area contributed by atoms with E-state index in [2.05, 4.69) is 10.0 Å². The van der Waals surface area contributed by atoms with Gasteiger partial charge in [-0.1, -0.05) is 54.6 Å². The largest absolute Gasteiger partial charge is 0.480 e. The molecule has 4 aromatic rings. The van der Waals surface area contributed by atoms with Gasteiger partial charge in [0.15, 0.2) is 6.10 Å². The predicted molar refractivity (Wildman–Crippen MR) is 126 cm³/mol. The van der Waals surface area contributed by atoms with Gasteiger partial charge in [0, 0.05) is 16.8 Å². The number of sulfonamides is 1. The van der Waals surface area contributed by atoms with E-state index in [1.54, 1.807) is 49.4 Å². The number of para-hydroxylation sites is 1. The highest BCUT2D eigenvalue weighted by Crippen LogP contribution is 2.26. The topological polar surface area (TPSA) is 84.5 Å². The molecule has 0 radical (unpaired) electrons. The van der Waals surface area contributed by atoms with Crippen LogP contribution in [-0.4, -0.2) is 20.4 Å². The SMILES string of the molecule is CC(Oc1cccc2ccccc12)C(=O)Nc1ccc(S(=O)(=O)Nc2ccccc2)cc1. The lowest BCUT2D eigenvalue weighted by molar-refractivity contribution is -0.122. The molecule has 1 atom stereocenters. The summed E-state index contributed by atoms with van der Waals surface area (Å²) >= 11 is 0. The molecular formula is C25H22N2O4S. The maximum atomic E-state index is 12.6. The molecule has 0 bridgehead atoms. The van der Waals surface area contributed by atoms with Crippen molar-refractivity contribution in [1.82, 2.24) is 0 Å². The molecule has 0 saturated carbocycles. The van der Waals surface area contributed by atoms with Crippen molar-refractivity contribution in [2.45, 2.75) is 17.9 Å². The Balaban J connectivity index is 1.42. The fourth-order valence-electron chi connectivity index (χ4n) is 3.22. The summed E-state index contributed by atoms with van der Waals surface area (Å²) in [6.07, 6.45) is -0.746. The summed E-state index contributed by atoms with van der Waals surface area (Å²) in [4.78, 5) is 12.7. The summed E-state index contributed by atoms with van der Waals surface area (Å²) in [7, 11) is -3.72. The van der Waals surface area contributed by atoms with Crippen molar-refractivity contribution < 1.29 is 17.9 Å². The number of anilines is 2. The van der Waals surface area contributed by atoms with E-state index in [1.165, 1.54) is 12.1 Å². The second kappa shape index (κ2) is 9.11. The second-order valence-corrected chi connectivity index (χ2v) is 8.90. The maximum absolute atomic E-state index is 12.6. The predicted octanol–water partition coefficient (Wildman–Crippen LogP) is 5.05. The highest BCUT2D eigenvalue weighted by Gasteiger charge is 2.18.